The molecule has 0 aliphatic rings. The molecule has 0 fully saturated rings. The summed E-state index contributed by atoms with van der Waals surface area (Å²) in [4.78, 5) is 70.3. The number of fused-ring (bicyclic) bond motifs is 12. The van der Waals surface area contributed by atoms with E-state index in [-0.39, 0.29) is 66.8 Å². The van der Waals surface area contributed by atoms with E-state index in [2.05, 4.69) is 0 Å². The Kier molecular flexibility index (Phi) is 6.31. The zero-order valence-electron chi connectivity index (χ0n) is 24.1. The highest BCUT2D eigenvalue weighted by molar-refractivity contribution is 6.27. The number of hydrogen-bond donors (Lipinski definition) is 6. The number of phenols is 6. The predicted octanol–water partition coefficient (Wildman–Crippen LogP) is 3.00. The van der Waals surface area contributed by atoms with Crippen molar-refractivity contribution in [3.05, 3.63) is 134 Å². The summed E-state index contributed by atoms with van der Waals surface area (Å²) in [7, 11) is 0. The normalized spacial score (nSPS) is 11.5. The van der Waals surface area contributed by atoms with Gasteiger partial charge in [-0.2, -0.15) is 0 Å². The quantitative estimate of drug-likeness (QED) is 0.0798. The fourth-order valence-corrected chi connectivity index (χ4v) is 6.08. The van der Waals surface area contributed by atoms with E-state index < -0.39 is 32.6 Å². The standard InChI is InChI=1S/C18H12O6.C18H6O6/c2*19-13-1-7-8(2-14(13)20)10-4-17(23)18(24)6-12(10)11-5-16(22)15(21)3-9(7)11/h1-6,19-24H;1-6H. The van der Waals surface area contributed by atoms with Crippen LogP contribution in [0.3, 0.4) is 0 Å². The molecule has 0 atom stereocenters. The molecule has 0 saturated carbocycles. The van der Waals surface area contributed by atoms with Crippen LogP contribution in [-0.2, 0) is 0 Å². The molecular formula is C36H18O12. The molecule has 0 heterocycles. The molecule has 12 heteroatoms. The van der Waals surface area contributed by atoms with Crippen molar-refractivity contribution in [3.63, 3.8) is 0 Å². The Morgan fingerprint density at radius 2 is 0.312 bits per heavy atom. The fourth-order valence-electron chi connectivity index (χ4n) is 6.08. The summed E-state index contributed by atoms with van der Waals surface area (Å²) in [5.74, 6) is -2.01. The highest BCUT2D eigenvalue weighted by Gasteiger charge is 2.17. The highest BCUT2D eigenvalue weighted by atomic mass is 16.3. The first-order chi connectivity index (χ1) is 22.7. The van der Waals surface area contributed by atoms with Gasteiger partial charge in [-0.05, 0) is 137 Å². The largest absolute Gasteiger partial charge is 0.504 e. The second-order valence-electron chi connectivity index (χ2n) is 11.2. The van der Waals surface area contributed by atoms with E-state index in [1.165, 1.54) is 36.4 Å². The van der Waals surface area contributed by atoms with Gasteiger partial charge in [0.2, 0.25) is 32.6 Å². The third kappa shape index (κ3) is 4.39. The molecule has 8 rings (SSSR count). The smallest absolute Gasteiger partial charge is 0.226 e. The molecule has 0 aromatic heterocycles. The number of aromatic hydroxyl groups is 6. The lowest BCUT2D eigenvalue weighted by Crippen LogP contribution is -2.24. The second-order valence-corrected chi connectivity index (χ2v) is 11.2. The summed E-state index contributed by atoms with van der Waals surface area (Å²) in [5, 5.41) is 63.7. The topological polar surface area (TPSA) is 224 Å². The minimum absolute atomic E-state index is 0.289. The third-order valence-corrected chi connectivity index (χ3v) is 8.34. The van der Waals surface area contributed by atoms with Crippen LogP contribution >= 0.6 is 0 Å². The Bertz CT molecular complexity index is 2490. The molecular weight excluding hydrogens is 624 g/mol. The summed E-state index contributed by atoms with van der Waals surface area (Å²) >= 11 is 0. The first kappa shape index (κ1) is 29.6. The van der Waals surface area contributed by atoms with E-state index in [1.807, 2.05) is 0 Å². The van der Waals surface area contributed by atoms with Gasteiger partial charge in [-0.1, -0.05) is 0 Å². The Balaban J connectivity index is 0.000000152. The maximum Gasteiger partial charge on any atom is 0.226 e. The maximum absolute atomic E-state index is 11.7. The SMILES string of the molecule is O=c1cc2c3cc(=O)c(=O)cc3c3cc(=O)c(=O)cc3c2cc1=O.Oc1cc2c3cc(O)c(O)cc3c3cc(O)c(O)cc3c2cc1O. The first-order valence-electron chi connectivity index (χ1n) is 14.0. The summed E-state index contributed by atoms with van der Waals surface area (Å²) in [6.07, 6.45) is 0. The van der Waals surface area contributed by atoms with Crippen LogP contribution < -0.4 is 32.6 Å². The second kappa shape index (κ2) is 10.2. The van der Waals surface area contributed by atoms with E-state index >= 15 is 0 Å². The molecule has 0 aliphatic heterocycles. The predicted molar refractivity (Wildman–Crippen MR) is 179 cm³/mol. The van der Waals surface area contributed by atoms with Gasteiger partial charge in [0.25, 0.3) is 0 Å². The molecule has 0 unspecified atom stereocenters. The van der Waals surface area contributed by atoms with Gasteiger partial charge in [0.05, 0.1) is 0 Å². The Morgan fingerprint density at radius 1 is 0.208 bits per heavy atom. The van der Waals surface area contributed by atoms with Crippen LogP contribution in [0.15, 0.2) is 102 Å². The maximum atomic E-state index is 11.7. The minimum Gasteiger partial charge on any atom is -0.504 e. The zero-order chi connectivity index (χ0) is 34.3. The summed E-state index contributed by atoms with van der Waals surface area (Å²) in [5.41, 5.74) is -4.56. The zero-order valence-corrected chi connectivity index (χ0v) is 24.1. The molecule has 0 aliphatic carbocycles. The van der Waals surface area contributed by atoms with E-state index in [0.29, 0.717) is 32.3 Å². The Labute approximate surface area is 263 Å². The van der Waals surface area contributed by atoms with E-state index in [4.69, 9.17) is 0 Å². The lowest BCUT2D eigenvalue weighted by molar-refractivity contribution is 0.404. The van der Waals surface area contributed by atoms with E-state index in [9.17, 15) is 59.4 Å². The fraction of sp³-hybridized carbons (Fsp3) is 0. The molecule has 0 saturated heterocycles. The van der Waals surface area contributed by atoms with Gasteiger partial charge in [-0.15, -0.1) is 0 Å². The molecule has 0 spiro atoms. The van der Waals surface area contributed by atoms with Crippen LogP contribution in [0.25, 0.3) is 64.6 Å². The van der Waals surface area contributed by atoms with Gasteiger partial charge in [0, 0.05) is 0 Å². The van der Waals surface area contributed by atoms with Crippen LogP contribution in [0.5, 0.6) is 34.5 Å². The summed E-state index contributed by atoms with van der Waals surface area (Å²) < 4.78 is 0. The number of rotatable bonds is 0. The lowest BCUT2D eigenvalue weighted by atomic mass is 9.93. The van der Waals surface area contributed by atoms with Crippen molar-refractivity contribution in [1.29, 1.82) is 0 Å². The molecule has 234 valence electrons. The average molecular weight is 643 g/mol. The molecule has 48 heavy (non-hydrogen) atoms. The Hall–Kier alpha value is -7.08. The van der Waals surface area contributed by atoms with Crippen molar-refractivity contribution in [3.8, 4) is 34.5 Å². The van der Waals surface area contributed by atoms with Crippen LogP contribution in [0.1, 0.15) is 0 Å². The molecule has 12 nitrogen and oxygen atoms in total. The minimum atomic E-state index is -0.760. The van der Waals surface area contributed by atoms with Crippen LogP contribution in [0.4, 0.5) is 0 Å². The third-order valence-electron chi connectivity index (χ3n) is 8.34. The molecule has 6 N–H and O–H groups in total. The van der Waals surface area contributed by atoms with Crippen molar-refractivity contribution >= 4 is 64.6 Å². The number of phenolic OH excluding ortho intramolecular Hbond substituents is 6. The summed E-state index contributed by atoms with van der Waals surface area (Å²) in [6.45, 7) is 0. The van der Waals surface area contributed by atoms with Crippen LogP contribution in [0.2, 0.25) is 0 Å². The van der Waals surface area contributed by atoms with Crippen molar-refractivity contribution in [1.82, 2.24) is 0 Å². The van der Waals surface area contributed by atoms with Crippen molar-refractivity contribution in [2.24, 2.45) is 0 Å². The van der Waals surface area contributed by atoms with Crippen LogP contribution in [-0.4, -0.2) is 30.6 Å². The monoisotopic (exact) mass is 642 g/mol. The molecule has 0 radical (unpaired) electrons. The van der Waals surface area contributed by atoms with Crippen molar-refractivity contribution in [2.75, 3.05) is 0 Å². The van der Waals surface area contributed by atoms with Gasteiger partial charge in [-0.25, -0.2) is 0 Å². The number of hydrogen-bond acceptors (Lipinski definition) is 12. The van der Waals surface area contributed by atoms with Gasteiger partial charge in [0.1, 0.15) is 0 Å². The molecule has 0 amide bonds. The van der Waals surface area contributed by atoms with Gasteiger partial charge in [-0.3, -0.25) is 28.8 Å². The van der Waals surface area contributed by atoms with Gasteiger partial charge < -0.3 is 30.6 Å². The number of benzene rings is 8. The highest BCUT2D eigenvalue weighted by Crippen LogP contribution is 2.45. The van der Waals surface area contributed by atoms with E-state index in [0.717, 1.165) is 36.4 Å². The first-order valence-corrected chi connectivity index (χ1v) is 14.0. The van der Waals surface area contributed by atoms with E-state index in [1.54, 1.807) is 0 Å². The van der Waals surface area contributed by atoms with Crippen molar-refractivity contribution < 1.29 is 30.6 Å². The summed E-state index contributed by atoms with van der Waals surface area (Å²) in [6, 6.07) is 14.5. The van der Waals surface area contributed by atoms with Gasteiger partial charge in [0.15, 0.2) is 34.5 Å². The Morgan fingerprint density at radius 3 is 0.438 bits per heavy atom. The molecule has 0 bridgehead atoms. The van der Waals surface area contributed by atoms with Gasteiger partial charge >= 0.3 is 0 Å². The average Bonchev–Trinajstić information content (AvgIpc) is 3.03. The van der Waals surface area contributed by atoms with Crippen LogP contribution in [0, 0.1) is 0 Å². The molecule has 8 aromatic rings. The molecule has 8 aromatic carbocycles. The lowest BCUT2D eigenvalue weighted by Gasteiger charge is -2.13. The van der Waals surface area contributed by atoms with Crippen molar-refractivity contribution in [2.45, 2.75) is 0 Å².